The maximum Gasteiger partial charge on any atom is 0.272 e. The van der Waals surface area contributed by atoms with Gasteiger partial charge in [0, 0.05) is 50.8 Å². The molecule has 4 aliphatic carbocycles. The first-order valence-electron chi connectivity index (χ1n) is 20.1. The van der Waals surface area contributed by atoms with Crippen LogP contribution in [0.25, 0.3) is 10.8 Å². The number of nitrogens with zero attached hydrogens (tertiary/aromatic N) is 3. The van der Waals surface area contributed by atoms with E-state index < -0.39 is 11.7 Å². The van der Waals surface area contributed by atoms with Crippen molar-refractivity contribution in [1.29, 1.82) is 0 Å². The first kappa shape index (κ1) is 36.5. The van der Waals surface area contributed by atoms with E-state index in [1.165, 1.54) is 17.2 Å². The number of H-pyrrole nitrogens is 1. The lowest BCUT2D eigenvalue weighted by molar-refractivity contribution is -0.132. The van der Waals surface area contributed by atoms with Gasteiger partial charge in [0.05, 0.1) is 22.7 Å². The van der Waals surface area contributed by atoms with Gasteiger partial charge in [0.2, 0.25) is 5.91 Å². The Morgan fingerprint density at radius 2 is 1.72 bits per heavy atom. The maximum absolute atomic E-state index is 15.0. The Hall–Kier alpha value is -4.44. The number of carbonyl (C=O) groups excluding carboxylic acids is 3. The van der Waals surface area contributed by atoms with Gasteiger partial charge >= 0.3 is 0 Å². The highest BCUT2D eigenvalue weighted by molar-refractivity contribution is 5.95. The molecule has 1 aliphatic heterocycles. The Labute approximate surface area is 315 Å². The van der Waals surface area contributed by atoms with Crippen LogP contribution in [0.3, 0.4) is 0 Å². The summed E-state index contributed by atoms with van der Waals surface area (Å²) in [5.74, 6) is 0.817. The average molecular weight is 735 g/mol. The Balaban J connectivity index is 0.835. The molecule has 0 spiro atoms. The number of piperazine rings is 1. The molecular weight excluding hydrogens is 684 g/mol. The van der Waals surface area contributed by atoms with Crippen molar-refractivity contribution < 1.29 is 23.9 Å². The molecule has 1 saturated heterocycles. The van der Waals surface area contributed by atoms with E-state index in [0.29, 0.717) is 85.2 Å². The quantitative estimate of drug-likeness (QED) is 0.237. The van der Waals surface area contributed by atoms with E-state index in [-0.39, 0.29) is 34.3 Å². The number of halogens is 1. The third-order valence-corrected chi connectivity index (χ3v) is 13.6. The second-order valence-corrected chi connectivity index (χ2v) is 16.6. The summed E-state index contributed by atoms with van der Waals surface area (Å²) >= 11 is 0. The molecular formula is C44H51FN4O5. The molecule has 9 nitrogen and oxygen atoms in total. The molecule has 2 heterocycles. The molecule has 1 aromatic heterocycles. The van der Waals surface area contributed by atoms with Crippen LogP contribution < -0.4 is 5.56 Å². The first-order chi connectivity index (χ1) is 26.1. The summed E-state index contributed by atoms with van der Waals surface area (Å²) in [6.07, 6.45) is 12.8. The van der Waals surface area contributed by atoms with Crippen molar-refractivity contribution in [3.05, 3.63) is 98.3 Å². The number of allylic oxidation sites excluding steroid dienone is 4. The number of rotatable bonds is 9. The van der Waals surface area contributed by atoms with Crippen LogP contribution in [-0.4, -0.2) is 75.0 Å². The Morgan fingerprint density at radius 1 is 0.944 bits per heavy atom. The van der Waals surface area contributed by atoms with Gasteiger partial charge in [-0.05, 0) is 116 Å². The number of aromatic amines is 1. The van der Waals surface area contributed by atoms with Crippen LogP contribution in [0.2, 0.25) is 0 Å². The summed E-state index contributed by atoms with van der Waals surface area (Å²) in [7, 11) is 0. The highest BCUT2D eigenvalue weighted by atomic mass is 19.1. The summed E-state index contributed by atoms with van der Waals surface area (Å²) in [4.78, 5) is 54.7. The van der Waals surface area contributed by atoms with Crippen LogP contribution >= 0.6 is 0 Å². The summed E-state index contributed by atoms with van der Waals surface area (Å²) in [6.45, 7) is 3.83. The van der Waals surface area contributed by atoms with Crippen molar-refractivity contribution in [3.8, 4) is 0 Å². The Bertz CT molecular complexity index is 2100. The fourth-order valence-corrected chi connectivity index (χ4v) is 10.7. The van der Waals surface area contributed by atoms with E-state index in [2.05, 4.69) is 17.1 Å². The van der Waals surface area contributed by atoms with Gasteiger partial charge in [-0.2, -0.15) is 5.10 Å². The van der Waals surface area contributed by atoms with E-state index in [1.54, 1.807) is 34.7 Å². The number of amides is 2. The molecule has 8 rings (SSSR count). The molecule has 0 unspecified atom stereocenters. The van der Waals surface area contributed by atoms with Crippen LogP contribution in [0.1, 0.15) is 106 Å². The molecule has 3 aromatic rings. The minimum atomic E-state index is -0.593. The van der Waals surface area contributed by atoms with Crippen LogP contribution in [0.15, 0.2) is 70.1 Å². The maximum atomic E-state index is 15.0. The summed E-state index contributed by atoms with van der Waals surface area (Å²) in [5.41, 5.74) is 5.34. The number of benzene rings is 2. The zero-order valence-electron chi connectivity index (χ0n) is 31.2. The van der Waals surface area contributed by atoms with E-state index in [0.717, 1.165) is 64.2 Å². The lowest BCUT2D eigenvalue weighted by atomic mass is 9.53. The number of nitrogens with one attached hydrogen (secondary N) is 1. The van der Waals surface area contributed by atoms with Crippen LogP contribution in [0, 0.1) is 29.0 Å². The number of aromatic nitrogens is 2. The number of carbonyl (C=O) groups is 3. The van der Waals surface area contributed by atoms with Crippen molar-refractivity contribution in [2.24, 2.45) is 23.2 Å². The number of aliphatic hydroxyl groups excluding tert-OH is 1. The van der Waals surface area contributed by atoms with Gasteiger partial charge in [-0.15, -0.1) is 0 Å². The van der Waals surface area contributed by atoms with Crippen molar-refractivity contribution in [3.63, 3.8) is 0 Å². The predicted octanol–water partition coefficient (Wildman–Crippen LogP) is 6.68. The summed E-state index contributed by atoms with van der Waals surface area (Å²) < 4.78 is 15.0. The second-order valence-electron chi connectivity index (χ2n) is 16.6. The molecule has 10 heteroatoms. The Kier molecular flexibility index (Phi) is 10.2. The number of unbranched alkanes of at least 4 members (excludes halogenated alkanes) is 2. The first-order valence-corrected chi connectivity index (χ1v) is 20.1. The third-order valence-electron chi connectivity index (χ3n) is 13.6. The van der Waals surface area contributed by atoms with E-state index in [1.807, 2.05) is 23.1 Å². The molecule has 2 saturated carbocycles. The topological polar surface area (TPSA) is 124 Å². The number of ketones is 1. The van der Waals surface area contributed by atoms with Gasteiger partial charge in [0.15, 0.2) is 5.78 Å². The third kappa shape index (κ3) is 6.86. The summed E-state index contributed by atoms with van der Waals surface area (Å²) in [6, 6.07) is 11.7. The van der Waals surface area contributed by atoms with Gasteiger partial charge in [-0.25, -0.2) is 9.49 Å². The Morgan fingerprint density at radius 3 is 2.54 bits per heavy atom. The van der Waals surface area contributed by atoms with Crippen molar-refractivity contribution in [2.45, 2.75) is 96.5 Å². The monoisotopic (exact) mass is 734 g/mol. The normalized spacial score (nSPS) is 26.7. The van der Waals surface area contributed by atoms with Crippen molar-refractivity contribution in [2.75, 3.05) is 26.2 Å². The standard InChI is InChI=1S/C44H51FN4O5/c1-44-26-29(41-31-15-13-30(50)25-28(31)12-14-34(41)36(44)16-18-39(44)51)7-3-2-4-10-40(52)48-19-21-49(22-20-48)43(54)35-23-27(11-17-37(35)45)24-38-32-8-5-6-9-33(32)42(53)47-46-38/h5-6,8-9,11,17,23,25,29,34,36,39,51H,2-4,7,10,12-16,18-22,24,26H2,1H3,(H,47,53)/t29-,34-,36-,39-,44-/m0/s1. The summed E-state index contributed by atoms with van der Waals surface area (Å²) in [5, 5.41) is 19.1. The largest absolute Gasteiger partial charge is 0.393 e. The molecule has 5 aliphatic rings. The molecule has 5 atom stereocenters. The minimum Gasteiger partial charge on any atom is -0.393 e. The van der Waals surface area contributed by atoms with Gasteiger partial charge in [0.1, 0.15) is 5.82 Å². The second kappa shape index (κ2) is 15.0. The van der Waals surface area contributed by atoms with Crippen LogP contribution in [0.5, 0.6) is 0 Å². The van der Waals surface area contributed by atoms with E-state index >= 15 is 4.39 Å². The smallest absolute Gasteiger partial charge is 0.272 e. The van der Waals surface area contributed by atoms with E-state index in [9.17, 15) is 24.3 Å². The number of hydrogen-bond acceptors (Lipinski definition) is 6. The van der Waals surface area contributed by atoms with Gasteiger partial charge in [-0.1, -0.05) is 49.6 Å². The molecule has 2 amide bonds. The van der Waals surface area contributed by atoms with Gasteiger partial charge in [-0.3, -0.25) is 19.2 Å². The minimum absolute atomic E-state index is 0.00809. The highest BCUT2D eigenvalue weighted by Crippen LogP contribution is 2.62. The lowest BCUT2D eigenvalue weighted by Crippen LogP contribution is -2.50. The highest BCUT2D eigenvalue weighted by Gasteiger charge is 2.55. The van der Waals surface area contributed by atoms with Crippen LogP contribution in [-0.2, 0) is 16.0 Å². The molecule has 284 valence electrons. The van der Waals surface area contributed by atoms with Gasteiger partial charge < -0.3 is 14.9 Å². The SMILES string of the molecule is C[C@]12C[C@H](CCCCCC(=O)N3CCN(C(=O)c4cc(Cc5n[nH]c(=O)c6ccccc56)ccc4F)CC3)C3=C4CCC(=O)C=C4CC[C@H]3[C@@H]1CC[C@@H]2O. The van der Waals surface area contributed by atoms with E-state index in [4.69, 9.17) is 0 Å². The van der Waals surface area contributed by atoms with Crippen molar-refractivity contribution in [1.82, 2.24) is 20.0 Å². The molecule has 2 aromatic carbocycles. The van der Waals surface area contributed by atoms with Crippen LogP contribution in [0.4, 0.5) is 4.39 Å². The average Bonchev–Trinajstić information content (AvgIpc) is 3.48. The molecule has 0 radical (unpaired) electrons. The molecule has 2 N–H and O–H groups in total. The fraction of sp³-hybridized carbons (Fsp3) is 0.523. The van der Waals surface area contributed by atoms with Gasteiger partial charge in [0.25, 0.3) is 11.5 Å². The zero-order valence-corrected chi connectivity index (χ0v) is 31.2. The van der Waals surface area contributed by atoms with Crippen molar-refractivity contribution >= 4 is 28.4 Å². The molecule has 54 heavy (non-hydrogen) atoms. The fourth-order valence-electron chi connectivity index (χ4n) is 10.7. The predicted molar refractivity (Wildman–Crippen MR) is 204 cm³/mol. The number of aliphatic hydroxyl groups is 1. The zero-order chi connectivity index (χ0) is 37.6. The lowest BCUT2D eigenvalue weighted by Gasteiger charge is -2.52. The molecule has 3 fully saturated rings. The molecule has 0 bridgehead atoms. The number of hydrogen-bond donors (Lipinski definition) is 2. The number of fused-ring (bicyclic) bond motifs is 5.